The van der Waals surface area contributed by atoms with Gasteiger partial charge in [0.25, 0.3) is 0 Å². The molecule has 0 atom stereocenters. The Morgan fingerprint density at radius 3 is 2.38 bits per heavy atom. The Labute approximate surface area is 136 Å². The van der Waals surface area contributed by atoms with E-state index in [1.54, 1.807) is 0 Å². The Balaban J connectivity index is 2.44. The monoisotopic (exact) mass is 361 g/mol. The molecule has 0 aliphatic carbocycles. The van der Waals surface area contributed by atoms with Crippen molar-refractivity contribution in [2.24, 2.45) is 0 Å². The summed E-state index contributed by atoms with van der Waals surface area (Å²) in [6, 6.07) is 5.66. The second kappa shape index (κ2) is 7.14. The molecule has 24 heavy (non-hydrogen) atoms. The van der Waals surface area contributed by atoms with Crippen molar-refractivity contribution in [3.8, 4) is 0 Å². The lowest BCUT2D eigenvalue weighted by atomic mass is 10.2. The maximum Gasteiger partial charge on any atom is 0.404 e. The first kappa shape index (κ1) is 18.1. The highest BCUT2D eigenvalue weighted by atomic mass is 32.2. The van der Waals surface area contributed by atoms with E-state index in [0.717, 1.165) is 0 Å². The van der Waals surface area contributed by atoms with Crippen molar-refractivity contribution in [3.63, 3.8) is 0 Å². The summed E-state index contributed by atoms with van der Waals surface area (Å²) < 4.78 is 63.1. The van der Waals surface area contributed by atoms with Gasteiger partial charge in [-0.3, -0.25) is 4.31 Å². The van der Waals surface area contributed by atoms with Gasteiger partial charge < -0.3 is 5.11 Å². The Bertz CT molecular complexity index is 783. The Hall–Kier alpha value is -2.20. The highest BCUT2D eigenvalue weighted by Crippen LogP contribution is 2.26. The molecule has 0 aliphatic heterocycles. The Morgan fingerprint density at radius 2 is 1.79 bits per heavy atom. The van der Waals surface area contributed by atoms with Crippen LogP contribution in [-0.2, 0) is 23.2 Å². The van der Waals surface area contributed by atoms with Crippen molar-refractivity contribution in [2.75, 3.05) is 10.1 Å². The van der Waals surface area contributed by atoms with Gasteiger partial charge in [0.15, 0.2) is 5.75 Å². The first-order valence-electron chi connectivity index (χ1n) is 6.72. The summed E-state index contributed by atoms with van der Waals surface area (Å²) in [5.41, 5.74) is 0.733. The minimum Gasteiger partial charge on any atom is -0.392 e. The van der Waals surface area contributed by atoms with Crippen LogP contribution in [0.1, 0.15) is 11.1 Å². The summed E-state index contributed by atoms with van der Waals surface area (Å²) in [6.45, 7) is -0.719. The Kier molecular flexibility index (Phi) is 5.40. The number of rotatable bonds is 6. The number of hydrogen-bond acceptors (Lipinski definition) is 5. The first-order valence-corrected chi connectivity index (χ1v) is 8.33. The number of aliphatic hydroxyl groups is 1. The molecule has 6 nitrogen and oxygen atoms in total. The largest absolute Gasteiger partial charge is 0.404 e. The molecule has 0 bridgehead atoms. The van der Waals surface area contributed by atoms with E-state index in [1.165, 1.54) is 43.0 Å². The SMILES string of the molecule is O=S(=O)(CC(F)(F)F)N(Cc1cncnc1)c1cccc(CO)c1. The van der Waals surface area contributed by atoms with Crippen LogP contribution in [0.5, 0.6) is 0 Å². The number of alkyl halides is 3. The molecule has 1 heterocycles. The molecule has 1 N–H and O–H groups in total. The molecule has 0 radical (unpaired) electrons. The molecular weight excluding hydrogens is 347 g/mol. The van der Waals surface area contributed by atoms with Gasteiger partial charge in [0.2, 0.25) is 10.0 Å². The van der Waals surface area contributed by atoms with E-state index in [4.69, 9.17) is 5.11 Å². The van der Waals surface area contributed by atoms with Crippen LogP contribution >= 0.6 is 0 Å². The summed E-state index contributed by atoms with van der Waals surface area (Å²) >= 11 is 0. The normalized spacial score (nSPS) is 12.2. The fourth-order valence-electron chi connectivity index (χ4n) is 2.02. The minimum absolute atomic E-state index is 0.0228. The van der Waals surface area contributed by atoms with E-state index in [0.29, 0.717) is 15.4 Å². The van der Waals surface area contributed by atoms with Crippen LogP contribution in [0.3, 0.4) is 0 Å². The molecule has 2 aromatic rings. The van der Waals surface area contributed by atoms with E-state index in [-0.39, 0.29) is 18.8 Å². The molecular formula is C14H14F3N3O3S. The predicted octanol–water partition coefficient (Wildman–Crippen LogP) is 1.87. The zero-order valence-corrected chi connectivity index (χ0v) is 13.1. The van der Waals surface area contributed by atoms with E-state index < -0.39 is 22.0 Å². The maximum atomic E-state index is 12.6. The molecule has 0 fully saturated rings. The van der Waals surface area contributed by atoms with Crippen LogP contribution in [-0.4, -0.2) is 35.4 Å². The van der Waals surface area contributed by atoms with Gasteiger partial charge in [0.05, 0.1) is 18.8 Å². The number of hydrogen-bond donors (Lipinski definition) is 1. The molecule has 10 heteroatoms. The molecule has 1 aromatic heterocycles. The van der Waals surface area contributed by atoms with Gasteiger partial charge in [-0.05, 0) is 17.7 Å². The number of aliphatic hydroxyl groups excluding tert-OH is 1. The van der Waals surface area contributed by atoms with Crippen molar-refractivity contribution in [1.82, 2.24) is 9.97 Å². The zero-order valence-electron chi connectivity index (χ0n) is 12.3. The van der Waals surface area contributed by atoms with Gasteiger partial charge in [-0.25, -0.2) is 18.4 Å². The molecule has 0 aliphatic rings. The third-order valence-electron chi connectivity index (χ3n) is 3.00. The molecule has 0 unspecified atom stereocenters. The number of nitrogens with zero attached hydrogens (tertiary/aromatic N) is 3. The van der Waals surface area contributed by atoms with Crippen molar-refractivity contribution in [3.05, 3.63) is 54.1 Å². The standard InChI is InChI=1S/C14H14F3N3O3S/c15-14(16,17)9-24(22,23)20(7-12-5-18-10-19-6-12)13-3-1-2-11(4-13)8-21/h1-6,10,21H,7-9H2. The molecule has 130 valence electrons. The Morgan fingerprint density at radius 1 is 1.12 bits per heavy atom. The average Bonchev–Trinajstić information content (AvgIpc) is 2.51. The molecule has 2 rings (SSSR count). The fourth-order valence-corrected chi connectivity index (χ4v) is 3.37. The van der Waals surface area contributed by atoms with Crippen LogP contribution < -0.4 is 4.31 Å². The van der Waals surface area contributed by atoms with E-state index in [9.17, 15) is 21.6 Å². The smallest absolute Gasteiger partial charge is 0.392 e. The second-order valence-electron chi connectivity index (χ2n) is 4.95. The van der Waals surface area contributed by atoms with Crippen molar-refractivity contribution < 1.29 is 26.7 Å². The van der Waals surface area contributed by atoms with Gasteiger partial charge in [-0.1, -0.05) is 12.1 Å². The summed E-state index contributed by atoms with van der Waals surface area (Å²) in [6.07, 6.45) is -1.01. The fraction of sp³-hybridized carbons (Fsp3) is 0.286. The van der Waals surface area contributed by atoms with Crippen molar-refractivity contribution >= 4 is 15.7 Å². The van der Waals surface area contributed by atoms with Gasteiger partial charge in [-0.2, -0.15) is 13.2 Å². The molecule has 1 aromatic carbocycles. The van der Waals surface area contributed by atoms with Crippen molar-refractivity contribution in [1.29, 1.82) is 0 Å². The van der Waals surface area contributed by atoms with Gasteiger partial charge in [0, 0.05) is 18.0 Å². The highest BCUT2D eigenvalue weighted by Gasteiger charge is 2.38. The van der Waals surface area contributed by atoms with Crippen LogP contribution in [0.2, 0.25) is 0 Å². The van der Waals surface area contributed by atoms with Gasteiger partial charge in [0.1, 0.15) is 6.33 Å². The number of sulfonamides is 1. The third kappa shape index (κ3) is 4.90. The van der Waals surface area contributed by atoms with Gasteiger partial charge in [-0.15, -0.1) is 0 Å². The topological polar surface area (TPSA) is 83.4 Å². The van der Waals surface area contributed by atoms with Crippen molar-refractivity contribution in [2.45, 2.75) is 19.3 Å². The maximum absolute atomic E-state index is 12.6. The lowest BCUT2D eigenvalue weighted by Gasteiger charge is -2.25. The molecule has 0 spiro atoms. The summed E-state index contributed by atoms with van der Waals surface area (Å²) in [5.74, 6) is -1.99. The number of aromatic nitrogens is 2. The number of anilines is 1. The summed E-state index contributed by atoms with van der Waals surface area (Å²) in [5, 5.41) is 9.15. The number of benzene rings is 1. The van der Waals surface area contributed by atoms with E-state index in [2.05, 4.69) is 9.97 Å². The van der Waals surface area contributed by atoms with Crippen LogP contribution in [0.25, 0.3) is 0 Å². The summed E-state index contributed by atoms with van der Waals surface area (Å²) in [7, 11) is -4.69. The van der Waals surface area contributed by atoms with E-state index in [1.807, 2.05) is 0 Å². The van der Waals surface area contributed by atoms with Crippen LogP contribution in [0.4, 0.5) is 18.9 Å². The molecule has 0 saturated heterocycles. The highest BCUT2D eigenvalue weighted by molar-refractivity contribution is 7.92. The van der Waals surface area contributed by atoms with E-state index >= 15 is 0 Å². The third-order valence-corrected chi connectivity index (χ3v) is 4.71. The number of halogens is 3. The summed E-state index contributed by atoms with van der Waals surface area (Å²) in [4.78, 5) is 7.45. The molecule has 0 amide bonds. The van der Waals surface area contributed by atoms with Crippen LogP contribution in [0, 0.1) is 0 Å². The zero-order chi connectivity index (χ0) is 17.8. The lowest BCUT2D eigenvalue weighted by molar-refractivity contribution is -0.106. The minimum atomic E-state index is -4.88. The lowest BCUT2D eigenvalue weighted by Crippen LogP contribution is -2.37. The molecule has 0 saturated carbocycles. The second-order valence-corrected chi connectivity index (χ2v) is 6.85. The predicted molar refractivity (Wildman–Crippen MR) is 80.4 cm³/mol. The van der Waals surface area contributed by atoms with Crippen LogP contribution in [0.15, 0.2) is 43.0 Å². The average molecular weight is 361 g/mol. The van der Waals surface area contributed by atoms with Gasteiger partial charge >= 0.3 is 6.18 Å². The quantitative estimate of drug-likeness (QED) is 0.849. The first-order chi connectivity index (χ1) is 11.2.